The minimum atomic E-state index is -0.416. The molecule has 0 saturated carbocycles. The van der Waals surface area contributed by atoms with E-state index in [9.17, 15) is 14.4 Å². The fourth-order valence-electron chi connectivity index (χ4n) is 2.65. The van der Waals surface area contributed by atoms with Gasteiger partial charge < -0.3 is 9.64 Å². The third-order valence-electron chi connectivity index (χ3n) is 4.20. The summed E-state index contributed by atoms with van der Waals surface area (Å²) < 4.78 is 5.55. The van der Waals surface area contributed by atoms with Gasteiger partial charge in [-0.05, 0) is 43.5 Å². The van der Waals surface area contributed by atoms with E-state index in [-0.39, 0.29) is 12.5 Å². The highest BCUT2D eigenvalue weighted by Gasteiger charge is 2.19. The summed E-state index contributed by atoms with van der Waals surface area (Å²) in [5, 5.41) is 0. The molecule has 142 valence electrons. The molecule has 0 aliphatic carbocycles. The van der Waals surface area contributed by atoms with Crippen molar-refractivity contribution in [2.24, 2.45) is 0 Å². The topological polar surface area (TPSA) is 87.7 Å². The van der Waals surface area contributed by atoms with Gasteiger partial charge in [0.25, 0.3) is 11.8 Å². The number of unbranched alkanes of at least 4 members (excludes halogenated alkanes) is 1. The molecule has 0 unspecified atom stereocenters. The number of hydrogen-bond acceptors (Lipinski definition) is 4. The zero-order chi connectivity index (χ0) is 18.8. The lowest BCUT2D eigenvalue weighted by atomic mass is 10.2. The first-order valence-corrected chi connectivity index (χ1v) is 9.20. The average Bonchev–Trinajstić information content (AvgIpc) is 2.85. The van der Waals surface area contributed by atoms with E-state index in [1.54, 1.807) is 24.3 Å². The molecule has 0 aromatic heterocycles. The predicted molar refractivity (Wildman–Crippen MR) is 97.5 cm³/mol. The molecular weight excluding hydrogens is 334 g/mol. The summed E-state index contributed by atoms with van der Waals surface area (Å²) in [5.74, 6) is -0.130. The highest BCUT2D eigenvalue weighted by molar-refractivity contribution is 5.95. The van der Waals surface area contributed by atoms with Crippen LogP contribution in [0.15, 0.2) is 24.3 Å². The van der Waals surface area contributed by atoms with E-state index in [1.807, 2.05) is 0 Å². The molecule has 7 nitrogen and oxygen atoms in total. The highest BCUT2D eigenvalue weighted by Crippen LogP contribution is 2.13. The van der Waals surface area contributed by atoms with Gasteiger partial charge in [0.1, 0.15) is 12.3 Å². The van der Waals surface area contributed by atoms with Crippen molar-refractivity contribution in [3.8, 4) is 5.75 Å². The second-order valence-corrected chi connectivity index (χ2v) is 6.35. The molecule has 1 saturated heterocycles. The number of carbonyl (C=O) groups is 3. The van der Waals surface area contributed by atoms with E-state index >= 15 is 0 Å². The summed E-state index contributed by atoms with van der Waals surface area (Å²) in [4.78, 5) is 37.5. The molecular formula is C19H27N3O4. The number of hydrogen-bond donors (Lipinski definition) is 2. The number of likely N-dealkylation sites (tertiary alicyclic amines) is 1. The van der Waals surface area contributed by atoms with E-state index in [0.29, 0.717) is 30.9 Å². The number of hydrazine groups is 1. The van der Waals surface area contributed by atoms with Crippen LogP contribution >= 0.6 is 0 Å². The zero-order valence-electron chi connectivity index (χ0n) is 15.3. The van der Waals surface area contributed by atoms with Crippen molar-refractivity contribution in [3.05, 3.63) is 29.8 Å². The van der Waals surface area contributed by atoms with Gasteiger partial charge in [-0.1, -0.05) is 19.8 Å². The van der Waals surface area contributed by atoms with Gasteiger partial charge in [-0.15, -0.1) is 0 Å². The standard InChI is InChI=1S/C19H27N3O4/c1-2-3-13-26-16-10-8-15(9-11-16)19(25)21-20-17(23)14-22-12-6-4-5-7-18(22)24/h8-11H,2-7,12-14H2,1H3,(H,20,23)(H,21,25). The normalized spacial score (nSPS) is 14.5. The van der Waals surface area contributed by atoms with Crippen molar-refractivity contribution in [1.82, 2.24) is 15.8 Å². The van der Waals surface area contributed by atoms with Crippen molar-refractivity contribution in [3.63, 3.8) is 0 Å². The second kappa shape index (κ2) is 10.4. The van der Waals surface area contributed by atoms with Gasteiger partial charge in [0.05, 0.1) is 6.61 Å². The summed E-state index contributed by atoms with van der Waals surface area (Å²) in [6, 6.07) is 6.73. The highest BCUT2D eigenvalue weighted by atomic mass is 16.5. The van der Waals surface area contributed by atoms with Crippen LogP contribution in [0.25, 0.3) is 0 Å². The number of ether oxygens (including phenoxy) is 1. The third kappa shape index (κ3) is 6.38. The molecule has 26 heavy (non-hydrogen) atoms. The first-order valence-electron chi connectivity index (χ1n) is 9.20. The number of benzene rings is 1. The molecule has 0 radical (unpaired) electrons. The first-order chi connectivity index (χ1) is 12.6. The molecule has 2 N–H and O–H groups in total. The van der Waals surface area contributed by atoms with Crippen LogP contribution in [0.4, 0.5) is 0 Å². The van der Waals surface area contributed by atoms with Crippen LogP contribution in [0.2, 0.25) is 0 Å². The SMILES string of the molecule is CCCCOc1ccc(C(=O)NNC(=O)CN2CCCCCC2=O)cc1. The number of nitrogens with zero attached hydrogens (tertiary/aromatic N) is 1. The largest absolute Gasteiger partial charge is 0.494 e. The van der Waals surface area contributed by atoms with Crippen molar-refractivity contribution in [1.29, 1.82) is 0 Å². The molecule has 1 aliphatic rings. The average molecular weight is 361 g/mol. The number of amides is 3. The van der Waals surface area contributed by atoms with E-state index in [4.69, 9.17) is 4.74 Å². The lowest BCUT2D eigenvalue weighted by Crippen LogP contribution is -2.47. The minimum absolute atomic E-state index is 0.0114. The molecule has 1 aromatic rings. The summed E-state index contributed by atoms with van der Waals surface area (Å²) in [6.07, 6.45) is 5.28. The van der Waals surface area contributed by atoms with Crippen LogP contribution in [0.3, 0.4) is 0 Å². The van der Waals surface area contributed by atoms with Crippen molar-refractivity contribution >= 4 is 17.7 Å². The fraction of sp³-hybridized carbons (Fsp3) is 0.526. The number of nitrogens with one attached hydrogen (secondary N) is 2. The Kier molecular flexibility index (Phi) is 7.92. The quantitative estimate of drug-likeness (QED) is 0.575. The van der Waals surface area contributed by atoms with E-state index in [0.717, 1.165) is 32.1 Å². The second-order valence-electron chi connectivity index (χ2n) is 6.35. The minimum Gasteiger partial charge on any atom is -0.494 e. The van der Waals surface area contributed by atoms with Gasteiger partial charge in [0.15, 0.2) is 0 Å². The molecule has 0 atom stereocenters. The maximum atomic E-state index is 12.1. The van der Waals surface area contributed by atoms with Crippen LogP contribution in [-0.4, -0.2) is 42.3 Å². The summed E-state index contributed by atoms with van der Waals surface area (Å²) in [5.41, 5.74) is 5.15. The molecule has 1 heterocycles. The Hall–Kier alpha value is -2.57. The van der Waals surface area contributed by atoms with Crippen LogP contribution in [0, 0.1) is 0 Å². The molecule has 0 spiro atoms. The van der Waals surface area contributed by atoms with Crippen LogP contribution in [-0.2, 0) is 9.59 Å². The van der Waals surface area contributed by atoms with Crippen LogP contribution < -0.4 is 15.6 Å². The van der Waals surface area contributed by atoms with E-state index in [1.165, 1.54) is 4.90 Å². The number of rotatable bonds is 7. The Bertz CT molecular complexity index is 616. The summed E-state index contributed by atoms with van der Waals surface area (Å²) in [6.45, 7) is 3.28. The predicted octanol–water partition coefficient (Wildman–Crippen LogP) is 2.03. The maximum Gasteiger partial charge on any atom is 0.269 e. The Morgan fingerprint density at radius 3 is 2.62 bits per heavy atom. The summed E-state index contributed by atoms with van der Waals surface area (Å²) >= 11 is 0. The van der Waals surface area contributed by atoms with E-state index < -0.39 is 11.8 Å². The molecule has 1 aromatic carbocycles. The van der Waals surface area contributed by atoms with Crippen molar-refractivity contribution < 1.29 is 19.1 Å². The van der Waals surface area contributed by atoms with Gasteiger partial charge in [-0.2, -0.15) is 0 Å². The zero-order valence-corrected chi connectivity index (χ0v) is 15.3. The fourth-order valence-corrected chi connectivity index (χ4v) is 2.65. The maximum absolute atomic E-state index is 12.1. The first kappa shape index (κ1) is 19.8. The Labute approximate surface area is 154 Å². The number of carbonyl (C=O) groups excluding carboxylic acids is 3. The lowest BCUT2D eigenvalue weighted by Gasteiger charge is -2.19. The summed E-state index contributed by atoms with van der Waals surface area (Å²) in [7, 11) is 0. The monoisotopic (exact) mass is 361 g/mol. The Balaban J connectivity index is 1.76. The molecule has 2 rings (SSSR count). The van der Waals surface area contributed by atoms with Crippen LogP contribution in [0.5, 0.6) is 5.75 Å². The lowest BCUT2D eigenvalue weighted by molar-refractivity contribution is -0.135. The van der Waals surface area contributed by atoms with Gasteiger partial charge in [0, 0.05) is 18.5 Å². The smallest absolute Gasteiger partial charge is 0.269 e. The Morgan fingerprint density at radius 2 is 1.88 bits per heavy atom. The molecule has 7 heteroatoms. The molecule has 3 amide bonds. The van der Waals surface area contributed by atoms with Crippen LogP contribution in [0.1, 0.15) is 55.8 Å². The van der Waals surface area contributed by atoms with Gasteiger partial charge in [-0.25, -0.2) is 0 Å². The van der Waals surface area contributed by atoms with Gasteiger partial charge in [0.2, 0.25) is 5.91 Å². The molecule has 1 aliphatic heterocycles. The van der Waals surface area contributed by atoms with Gasteiger partial charge >= 0.3 is 0 Å². The van der Waals surface area contributed by atoms with Gasteiger partial charge in [-0.3, -0.25) is 25.2 Å². The van der Waals surface area contributed by atoms with Crippen molar-refractivity contribution in [2.75, 3.05) is 19.7 Å². The third-order valence-corrected chi connectivity index (χ3v) is 4.20. The van der Waals surface area contributed by atoms with E-state index in [2.05, 4.69) is 17.8 Å². The Morgan fingerprint density at radius 1 is 1.12 bits per heavy atom. The van der Waals surface area contributed by atoms with Crippen molar-refractivity contribution in [2.45, 2.75) is 45.4 Å². The molecule has 1 fully saturated rings. The molecule has 0 bridgehead atoms.